The van der Waals surface area contributed by atoms with Crippen LogP contribution < -0.4 is 11.1 Å². The first-order chi connectivity index (χ1) is 13.4. The van der Waals surface area contributed by atoms with Gasteiger partial charge >= 0.3 is 0 Å². The Morgan fingerprint density at radius 3 is 2.75 bits per heavy atom. The summed E-state index contributed by atoms with van der Waals surface area (Å²) < 4.78 is 0. The third-order valence-corrected chi connectivity index (χ3v) is 5.86. The Kier molecular flexibility index (Phi) is 4.25. The van der Waals surface area contributed by atoms with Crippen molar-refractivity contribution in [3.63, 3.8) is 0 Å². The molecule has 0 saturated heterocycles. The fourth-order valence-corrected chi connectivity index (χ4v) is 4.24. The predicted molar refractivity (Wildman–Crippen MR) is 105 cm³/mol. The number of fused-ring (bicyclic) bond motifs is 1. The van der Waals surface area contributed by atoms with E-state index in [1.54, 1.807) is 4.90 Å². The van der Waals surface area contributed by atoms with Crippen LogP contribution in [0.15, 0.2) is 35.9 Å². The van der Waals surface area contributed by atoms with Gasteiger partial charge in [0.2, 0.25) is 5.91 Å². The maximum atomic E-state index is 13.1. The van der Waals surface area contributed by atoms with Crippen LogP contribution in [0.25, 0.3) is 10.9 Å². The molecule has 3 amide bonds. The van der Waals surface area contributed by atoms with Crippen LogP contribution in [0.4, 0.5) is 0 Å². The number of amides is 3. The van der Waals surface area contributed by atoms with Crippen LogP contribution in [-0.2, 0) is 20.9 Å². The summed E-state index contributed by atoms with van der Waals surface area (Å²) in [5.41, 5.74) is 7.77. The lowest BCUT2D eigenvalue weighted by molar-refractivity contribution is -0.137. The molecule has 1 fully saturated rings. The average molecular weight is 380 g/mol. The standard InChI is InChI=1S/C21H24N4O3/c1-12-8-15-13(4-3-5-17(15)24-12)10-25-11-21(20(22)28,14-6-7-14)9-16(19(25)27)18(26)23-2/h3-5,8-9,14,24H,6-7,10-11H2,1-2H3,(H2,22,28)(H,23,26). The van der Waals surface area contributed by atoms with Gasteiger partial charge in [-0.1, -0.05) is 12.1 Å². The SMILES string of the molecule is CNC(=O)C1=CC(C(N)=O)(C2CC2)CN(Cc2cccc3[nH]c(C)cc23)C1=O. The van der Waals surface area contributed by atoms with Gasteiger partial charge in [-0.2, -0.15) is 0 Å². The lowest BCUT2D eigenvalue weighted by Gasteiger charge is -2.39. The largest absolute Gasteiger partial charge is 0.369 e. The number of primary amides is 1. The van der Waals surface area contributed by atoms with Crippen molar-refractivity contribution < 1.29 is 14.4 Å². The number of aryl methyl sites for hydroxylation is 1. The fourth-order valence-electron chi connectivity index (χ4n) is 4.24. The first-order valence-electron chi connectivity index (χ1n) is 9.47. The Morgan fingerprint density at radius 2 is 2.11 bits per heavy atom. The van der Waals surface area contributed by atoms with E-state index in [2.05, 4.69) is 10.3 Å². The lowest BCUT2D eigenvalue weighted by Crippen LogP contribution is -2.53. The van der Waals surface area contributed by atoms with Crippen molar-refractivity contribution in [3.05, 3.63) is 47.2 Å². The fraction of sp³-hybridized carbons (Fsp3) is 0.381. The lowest BCUT2D eigenvalue weighted by atomic mass is 9.76. The number of benzene rings is 1. The molecule has 2 aromatic rings. The number of hydrogen-bond acceptors (Lipinski definition) is 3. The second kappa shape index (κ2) is 6.51. The van der Waals surface area contributed by atoms with Gasteiger partial charge in [-0.05, 0) is 49.5 Å². The molecule has 7 nitrogen and oxygen atoms in total. The van der Waals surface area contributed by atoms with Gasteiger partial charge in [0.25, 0.3) is 11.8 Å². The van der Waals surface area contributed by atoms with Crippen LogP contribution in [0.2, 0.25) is 0 Å². The quantitative estimate of drug-likeness (QED) is 0.682. The molecule has 1 aromatic heterocycles. The maximum absolute atomic E-state index is 13.1. The molecule has 0 spiro atoms. The molecule has 1 aliphatic heterocycles. The van der Waals surface area contributed by atoms with Crippen LogP contribution in [0.3, 0.4) is 0 Å². The molecule has 4 rings (SSSR count). The number of carbonyl (C=O) groups excluding carboxylic acids is 3. The van der Waals surface area contributed by atoms with Crippen LogP contribution in [0.1, 0.15) is 24.1 Å². The molecule has 1 saturated carbocycles. The minimum atomic E-state index is -0.988. The van der Waals surface area contributed by atoms with Crippen LogP contribution in [-0.4, -0.2) is 41.2 Å². The summed E-state index contributed by atoms with van der Waals surface area (Å²) in [6, 6.07) is 7.91. The summed E-state index contributed by atoms with van der Waals surface area (Å²) in [5, 5.41) is 3.53. The molecule has 7 heteroatoms. The highest BCUT2D eigenvalue weighted by Gasteiger charge is 2.53. The topological polar surface area (TPSA) is 108 Å². The molecule has 4 N–H and O–H groups in total. The van der Waals surface area contributed by atoms with E-state index in [0.29, 0.717) is 6.54 Å². The van der Waals surface area contributed by atoms with Crippen LogP contribution in [0.5, 0.6) is 0 Å². The van der Waals surface area contributed by atoms with E-state index in [1.807, 2.05) is 31.2 Å². The van der Waals surface area contributed by atoms with Crippen molar-refractivity contribution in [3.8, 4) is 0 Å². The zero-order chi connectivity index (χ0) is 20.1. The third-order valence-electron chi connectivity index (χ3n) is 5.86. The number of likely N-dealkylation sites (N-methyl/N-ethyl adjacent to an activating group) is 1. The summed E-state index contributed by atoms with van der Waals surface area (Å²) in [7, 11) is 1.47. The zero-order valence-electron chi connectivity index (χ0n) is 16.0. The number of nitrogens with zero attached hydrogens (tertiary/aromatic N) is 1. The van der Waals surface area contributed by atoms with Crippen molar-refractivity contribution >= 4 is 28.6 Å². The number of H-pyrrole nitrogens is 1. The molecule has 28 heavy (non-hydrogen) atoms. The van der Waals surface area contributed by atoms with Crippen molar-refractivity contribution in [2.75, 3.05) is 13.6 Å². The molecule has 1 aliphatic carbocycles. The molecule has 1 aromatic carbocycles. The zero-order valence-corrected chi connectivity index (χ0v) is 16.0. The molecular formula is C21H24N4O3. The van der Waals surface area contributed by atoms with Crippen molar-refractivity contribution in [1.82, 2.24) is 15.2 Å². The van der Waals surface area contributed by atoms with Gasteiger partial charge in [0, 0.05) is 36.7 Å². The second-order valence-electron chi connectivity index (χ2n) is 7.81. The van der Waals surface area contributed by atoms with E-state index in [-0.39, 0.29) is 23.9 Å². The van der Waals surface area contributed by atoms with Gasteiger partial charge in [-0.15, -0.1) is 0 Å². The van der Waals surface area contributed by atoms with Crippen LogP contribution >= 0.6 is 0 Å². The number of aromatic amines is 1. The van der Waals surface area contributed by atoms with Gasteiger partial charge in [0.1, 0.15) is 5.57 Å². The van der Waals surface area contributed by atoms with Crippen molar-refractivity contribution in [2.24, 2.45) is 17.1 Å². The Hall–Kier alpha value is -3.09. The summed E-state index contributed by atoms with van der Waals surface area (Å²) in [6.07, 6.45) is 3.26. The maximum Gasteiger partial charge on any atom is 0.259 e. The van der Waals surface area contributed by atoms with Crippen LogP contribution in [0, 0.1) is 18.3 Å². The van der Waals surface area contributed by atoms with Gasteiger partial charge in [-0.3, -0.25) is 14.4 Å². The summed E-state index contributed by atoms with van der Waals surface area (Å²) in [6.45, 7) is 2.49. The predicted octanol–water partition coefficient (Wildman–Crippen LogP) is 1.37. The molecule has 146 valence electrons. The van der Waals surface area contributed by atoms with Gasteiger partial charge in [-0.25, -0.2) is 0 Å². The second-order valence-corrected chi connectivity index (χ2v) is 7.81. The van der Waals surface area contributed by atoms with E-state index < -0.39 is 17.2 Å². The molecule has 2 aliphatic rings. The normalized spacial score (nSPS) is 22.3. The Morgan fingerprint density at radius 1 is 1.36 bits per heavy atom. The van der Waals surface area contributed by atoms with Gasteiger partial charge in [0.05, 0.1) is 5.41 Å². The summed E-state index contributed by atoms with van der Waals surface area (Å²) in [4.78, 5) is 42.7. The van der Waals surface area contributed by atoms with Gasteiger partial charge < -0.3 is 20.9 Å². The number of aromatic nitrogens is 1. The number of carbonyl (C=O) groups is 3. The summed E-state index contributed by atoms with van der Waals surface area (Å²) >= 11 is 0. The Balaban J connectivity index is 1.76. The van der Waals surface area contributed by atoms with E-state index in [4.69, 9.17) is 5.73 Å². The monoisotopic (exact) mass is 380 g/mol. The number of nitrogens with two attached hydrogens (primary N) is 1. The minimum absolute atomic E-state index is 0.00289. The molecular weight excluding hydrogens is 356 g/mol. The van der Waals surface area contributed by atoms with E-state index in [9.17, 15) is 14.4 Å². The molecule has 0 radical (unpaired) electrons. The highest BCUT2D eigenvalue weighted by molar-refractivity contribution is 6.19. The van der Waals surface area contributed by atoms with E-state index in [0.717, 1.165) is 35.0 Å². The smallest absolute Gasteiger partial charge is 0.259 e. The minimum Gasteiger partial charge on any atom is -0.369 e. The summed E-state index contributed by atoms with van der Waals surface area (Å²) in [5.74, 6) is -1.27. The van der Waals surface area contributed by atoms with E-state index in [1.165, 1.54) is 13.1 Å². The molecule has 1 atom stereocenters. The number of rotatable bonds is 5. The molecule has 0 bridgehead atoms. The highest BCUT2D eigenvalue weighted by Crippen LogP contribution is 2.49. The van der Waals surface area contributed by atoms with Crippen molar-refractivity contribution in [1.29, 1.82) is 0 Å². The van der Waals surface area contributed by atoms with E-state index >= 15 is 0 Å². The third kappa shape index (κ3) is 2.87. The number of nitrogens with one attached hydrogen (secondary N) is 2. The molecule has 1 unspecified atom stereocenters. The van der Waals surface area contributed by atoms with Gasteiger partial charge in [0.15, 0.2) is 0 Å². The Labute approximate surface area is 162 Å². The first-order valence-corrected chi connectivity index (χ1v) is 9.47. The number of hydrogen-bond donors (Lipinski definition) is 3. The van der Waals surface area contributed by atoms with Crippen molar-refractivity contribution in [2.45, 2.75) is 26.3 Å². The average Bonchev–Trinajstić information content (AvgIpc) is 3.44. The molecule has 2 heterocycles. The Bertz CT molecular complexity index is 1020. The highest BCUT2D eigenvalue weighted by atomic mass is 16.2. The first kappa shape index (κ1) is 18.3.